The Bertz CT molecular complexity index is 656. The fourth-order valence-corrected chi connectivity index (χ4v) is 2.05. The number of nitrogen functional groups attached to an aromatic ring is 1. The van der Waals surface area contributed by atoms with Gasteiger partial charge in [-0.3, -0.25) is 4.79 Å². The Morgan fingerprint density at radius 2 is 2.00 bits per heavy atom. The highest BCUT2D eigenvalue weighted by molar-refractivity contribution is 5.94. The number of anilines is 1. The fourth-order valence-electron chi connectivity index (χ4n) is 2.05. The number of nitrogens with zero attached hydrogens (tertiary/aromatic N) is 1. The number of amides is 1. The van der Waals surface area contributed by atoms with Crippen LogP contribution in [0.1, 0.15) is 15.9 Å². The molecule has 2 aromatic rings. The van der Waals surface area contributed by atoms with Crippen LogP contribution in [0.4, 0.5) is 5.69 Å². The number of hydrogen-bond acceptors (Lipinski definition) is 4. The molecule has 0 unspecified atom stereocenters. The molecule has 2 aromatic carbocycles. The number of methoxy groups -OCH3 is 1. The third kappa shape index (κ3) is 3.25. The standard InChI is InChI=1S/C16H18N2O3/c1-18(10-12-5-3-4-6-13(12)17)16(20)11-7-8-15(21-2)14(19)9-11/h3-9,19H,10,17H2,1-2H3. The van der Waals surface area contributed by atoms with Gasteiger partial charge in [0.25, 0.3) is 5.91 Å². The van der Waals surface area contributed by atoms with E-state index in [2.05, 4.69) is 0 Å². The summed E-state index contributed by atoms with van der Waals surface area (Å²) in [5.74, 6) is 0.0775. The summed E-state index contributed by atoms with van der Waals surface area (Å²) in [6, 6.07) is 12.0. The second kappa shape index (κ2) is 6.17. The van der Waals surface area contributed by atoms with Crippen LogP contribution in [-0.4, -0.2) is 30.1 Å². The van der Waals surface area contributed by atoms with Gasteiger partial charge in [-0.05, 0) is 29.8 Å². The van der Waals surface area contributed by atoms with Crippen molar-refractivity contribution in [3.05, 3.63) is 53.6 Å². The molecule has 0 heterocycles. The molecule has 0 saturated heterocycles. The van der Waals surface area contributed by atoms with Gasteiger partial charge in [0, 0.05) is 24.8 Å². The topological polar surface area (TPSA) is 75.8 Å². The highest BCUT2D eigenvalue weighted by Crippen LogP contribution is 2.27. The maximum absolute atomic E-state index is 12.3. The Kier molecular flexibility index (Phi) is 4.33. The van der Waals surface area contributed by atoms with Crippen LogP contribution in [-0.2, 0) is 6.54 Å². The maximum Gasteiger partial charge on any atom is 0.254 e. The summed E-state index contributed by atoms with van der Waals surface area (Å²) in [6.45, 7) is 0.401. The van der Waals surface area contributed by atoms with Gasteiger partial charge in [0.15, 0.2) is 11.5 Å². The zero-order valence-electron chi connectivity index (χ0n) is 12.0. The van der Waals surface area contributed by atoms with Crippen molar-refractivity contribution in [2.24, 2.45) is 0 Å². The van der Waals surface area contributed by atoms with Crippen LogP contribution in [0.25, 0.3) is 0 Å². The number of carbonyl (C=O) groups excluding carboxylic acids is 1. The van der Waals surface area contributed by atoms with Crippen molar-refractivity contribution in [2.45, 2.75) is 6.54 Å². The van der Waals surface area contributed by atoms with E-state index in [0.29, 0.717) is 23.5 Å². The first-order valence-corrected chi connectivity index (χ1v) is 6.48. The molecule has 110 valence electrons. The molecule has 0 saturated carbocycles. The van der Waals surface area contributed by atoms with Crippen molar-refractivity contribution in [1.29, 1.82) is 0 Å². The Morgan fingerprint density at radius 3 is 2.62 bits per heavy atom. The number of phenolic OH excluding ortho intramolecular Hbond substituents is 1. The molecule has 21 heavy (non-hydrogen) atoms. The summed E-state index contributed by atoms with van der Waals surface area (Å²) in [5, 5.41) is 9.74. The monoisotopic (exact) mass is 286 g/mol. The summed E-state index contributed by atoms with van der Waals surface area (Å²) in [6.07, 6.45) is 0. The lowest BCUT2D eigenvalue weighted by atomic mass is 10.1. The van der Waals surface area contributed by atoms with Crippen LogP contribution < -0.4 is 10.5 Å². The van der Waals surface area contributed by atoms with E-state index < -0.39 is 0 Å². The molecule has 0 aliphatic carbocycles. The number of benzene rings is 2. The largest absolute Gasteiger partial charge is 0.504 e. The zero-order chi connectivity index (χ0) is 15.4. The van der Waals surface area contributed by atoms with Gasteiger partial charge < -0.3 is 20.5 Å². The molecule has 0 aliphatic rings. The molecule has 0 atom stereocenters. The lowest BCUT2D eigenvalue weighted by Gasteiger charge is -2.18. The average Bonchev–Trinajstić information content (AvgIpc) is 2.48. The Morgan fingerprint density at radius 1 is 1.29 bits per heavy atom. The molecule has 0 aliphatic heterocycles. The van der Waals surface area contributed by atoms with Crippen molar-refractivity contribution in [1.82, 2.24) is 4.90 Å². The lowest BCUT2D eigenvalue weighted by Crippen LogP contribution is -2.26. The van der Waals surface area contributed by atoms with E-state index in [-0.39, 0.29) is 11.7 Å². The van der Waals surface area contributed by atoms with Crippen LogP contribution in [0.3, 0.4) is 0 Å². The quantitative estimate of drug-likeness (QED) is 0.845. The third-order valence-electron chi connectivity index (χ3n) is 3.24. The minimum absolute atomic E-state index is 0.0593. The van der Waals surface area contributed by atoms with Gasteiger partial charge in [-0.1, -0.05) is 18.2 Å². The van der Waals surface area contributed by atoms with E-state index in [1.807, 2.05) is 18.2 Å². The molecule has 0 spiro atoms. The number of rotatable bonds is 4. The summed E-state index contributed by atoms with van der Waals surface area (Å²) in [4.78, 5) is 13.9. The second-order valence-electron chi connectivity index (χ2n) is 4.75. The third-order valence-corrected chi connectivity index (χ3v) is 3.24. The van der Waals surface area contributed by atoms with E-state index in [1.54, 1.807) is 30.1 Å². The maximum atomic E-state index is 12.3. The van der Waals surface area contributed by atoms with E-state index in [9.17, 15) is 9.90 Å². The molecule has 2 rings (SSSR count). The molecule has 0 fully saturated rings. The first-order valence-electron chi connectivity index (χ1n) is 6.48. The summed E-state index contributed by atoms with van der Waals surface area (Å²) in [7, 11) is 3.15. The van der Waals surface area contributed by atoms with Crippen molar-refractivity contribution in [3.8, 4) is 11.5 Å². The van der Waals surface area contributed by atoms with Crippen molar-refractivity contribution in [2.75, 3.05) is 19.9 Å². The molecule has 5 heteroatoms. The fraction of sp³-hybridized carbons (Fsp3) is 0.188. The SMILES string of the molecule is COc1ccc(C(=O)N(C)Cc2ccccc2N)cc1O. The summed E-state index contributed by atoms with van der Waals surface area (Å²) < 4.78 is 4.96. The van der Waals surface area contributed by atoms with Crippen molar-refractivity contribution in [3.63, 3.8) is 0 Å². The molecule has 0 bridgehead atoms. The Labute approximate surface area is 123 Å². The number of para-hydroxylation sites is 1. The number of nitrogens with two attached hydrogens (primary N) is 1. The molecular weight excluding hydrogens is 268 g/mol. The predicted molar refractivity (Wildman–Crippen MR) is 81.3 cm³/mol. The van der Waals surface area contributed by atoms with E-state index >= 15 is 0 Å². The van der Waals surface area contributed by atoms with Crippen LogP contribution in [0.5, 0.6) is 11.5 Å². The van der Waals surface area contributed by atoms with Gasteiger partial charge in [0.05, 0.1) is 7.11 Å². The highest BCUT2D eigenvalue weighted by atomic mass is 16.5. The first-order chi connectivity index (χ1) is 10.0. The van der Waals surface area contributed by atoms with Crippen molar-refractivity contribution < 1.29 is 14.6 Å². The van der Waals surface area contributed by atoms with Crippen LogP contribution >= 0.6 is 0 Å². The average molecular weight is 286 g/mol. The normalized spacial score (nSPS) is 10.2. The predicted octanol–water partition coefficient (Wildman–Crippen LogP) is 2.26. The molecule has 3 N–H and O–H groups in total. The highest BCUT2D eigenvalue weighted by Gasteiger charge is 2.15. The minimum Gasteiger partial charge on any atom is -0.504 e. The number of hydrogen-bond donors (Lipinski definition) is 2. The Balaban J connectivity index is 2.16. The summed E-state index contributed by atoms with van der Waals surface area (Å²) in [5.41, 5.74) is 7.80. The van der Waals surface area contributed by atoms with Gasteiger partial charge in [-0.25, -0.2) is 0 Å². The number of phenols is 1. The van der Waals surface area contributed by atoms with Gasteiger partial charge >= 0.3 is 0 Å². The Hall–Kier alpha value is -2.69. The number of carbonyl (C=O) groups is 1. The second-order valence-corrected chi connectivity index (χ2v) is 4.75. The molecular formula is C16H18N2O3. The van der Waals surface area contributed by atoms with Gasteiger partial charge in [-0.2, -0.15) is 0 Å². The minimum atomic E-state index is -0.198. The molecule has 0 radical (unpaired) electrons. The smallest absolute Gasteiger partial charge is 0.254 e. The van der Waals surface area contributed by atoms with E-state index in [1.165, 1.54) is 13.2 Å². The molecule has 1 amide bonds. The first kappa shape index (κ1) is 14.7. The lowest BCUT2D eigenvalue weighted by molar-refractivity contribution is 0.0785. The summed E-state index contributed by atoms with van der Waals surface area (Å²) >= 11 is 0. The van der Waals surface area contributed by atoms with Gasteiger partial charge in [-0.15, -0.1) is 0 Å². The van der Waals surface area contributed by atoms with E-state index in [4.69, 9.17) is 10.5 Å². The molecule has 0 aromatic heterocycles. The van der Waals surface area contributed by atoms with Gasteiger partial charge in [0.2, 0.25) is 0 Å². The van der Waals surface area contributed by atoms with Crippen LogP contribution in [0.15, 0.2) is 42.5 Å². The van der Waals surface area contributed by atoms with Crippen molar-refractivity contribution >= 4 is 11.6 Å². The zero-order valence-corrected chi connectivity index (χ0v) is 12.0. The molecule has 5 nitrogen and oxygen atoms in total. The number of ether oxygens (including phenoxy) is 1. The van der Waals surface area contributed by atoms with Gasteiger partial charge in [0.1, 0.15) is 0 Å². The van der Waals surface area contributed by atoms with E-state index in [0.717, 1.165) is 5.56 Å². The van der Waals surface area contributed by atoms with Crippen LogP contribution in [0, 0.1) is 0 Å². The number of aromatic hydroxyl groups is 1. The van der Waals surface area contributed by atoms with Crippen LogP contribution in [0.2, 0.25) is 0 Å².